The number of aryl methyl sites for hydroxylation is 1. The van der Waals surface area contributed by atoms with Crippen LogP contribution in [0.1, 0.15) is 5.69 Å². The molecule has 1 N–H and O–H groups in total. The van der Waals surface area contributed by atoms with Crippen molar-refractivity contribution in [3.8, 4) is 0 Å². The molecular weight excluding hydrogens is 314 g/mol. The highest BCUT2D eigenvalue weighted by molar-refractivity contribution is 5.89. The molecule has 0 spiro atoms. The van der Waals surface area contributed by atoms with Gasteiger partial charge in [0.25, 0.3) is 0 Å². The molecule has 1 saturated heterocycles. The molecule has 7 nitrogen and oxygen atoms in total. The smallest absolute Gasteiger partial charge is 0.228 e. The summed E-state index contributed by atoms with van der Waals surface area (Å²) in [7, 11) is 3.94. The minimum atomic E-state index is 0.733. The quantitative estimate of drug-likeness (QED) is 0.789. The molecule has 1 aliphatic heterocycles. The number of piperazine rings is 1. The lowest BCUT2D eigenvalue weighted by Crippen LogP contribution is -2.47. The number of hydrogen-bond donors (Lipinski definition) is 1. The van der Waals surface area contributed by atoms with Crippen LogP contribution < -0.4 is 14.7 Å². The first-order valence-electron chi connectivity index (χ1n) is 8.57. The van der Waals surface area contributed by atoms with Gasteiger partial charge in [-0.2, -0.15) is 9.97 Å². The first-order valence-corrected chi connectivity index (χ1v) is 8.57. The van der Waals surface area contributed by atoms with E-state index in [-0.39, 0.29) is 0 Å². The van der Waals surface area contributed by atoms with Crippen molar-refractivity contribution in [3.63, 3.8) is 0 Å². The number of pyridine rings is 1. The van der Waals surface area contributed by atoms with Gasteiger partial charge in [0, 0.05) is 52.2 Å². The lowest BCUT2D eigenvalue weighted by Gasteiger charge is -2.36. The molecule has 7 heteroatoms. The van der Waals surface area contributed by atoms with E-state index >= 15 is 0 Å². The minimum absolute atomic E-state index is 0.733. The minimum Gasteiger partial charge on any atom is -0.353 e. The molecule has 1 fully saturated rings. The van der Waals surface area contributed by atoms with Gasteiger partial charge in [-0.1, -0.05) is 6.07 Å². The molecule has 0 bridgehead atoms. The first-order chi connectivity index (χ1) is 12.1. The van der Waals surface area contributed by atoms with E-state index in [0.29, 0.717) is 0 Å². The maximum absolute atomic E-state index is 4.82. The lowest BCUT2D eigenvalue weighted by atomic mass is 10.2. The predicted molar refractivity (Wildman–Crippen MR) is 102 cm³/mol. The maximum Gasteiger partial charge on any atom is 0.228 e. The summed E-state index contributed by atoms with van der Waals surface area (Å²) in [6, 6.07) is 8.19. The van der Waals surface area contributed by atoms with Crippen molar-refractivity contribution in [1.29, 1.82) is 0 Å². The van der Waals surface area contributed by atoms with Crippen LogP contribution >= 0.6 is 0 Å². The Morgan fingerprint density at radius 2 is 1.80 bits per heavy atom. The fourth-order valence-electron chi connectivity index (χ4n) is 3.24. The Hall–Kier alpha value is -2.83. The van der Waals surface area contributed by atoms with E-state index in [4.69, 9.17) is 4.98 Å². The van der Waals surface area contributed by atoms with Crippen molar-refractivity contribution in [2.45, 2.75) is 6.92 Å². The molecule has 0 amide bonds. The third-order valence-electron chi connectivity index (χ3n) is 4.54. The van der Waals surface area contributed by atoms with Gasteiger partial charge in [0.2, 0.25) is 5.95 Å². The van der Waals surface area contributed by atoms with Crippen LogP contribution in [0.2, 0.25) is 0 Å². The van der Waals surface area contributed by atoms with E-state index in [1.165, 1.54) is 0 Å². The zero-order valence-corrected chi connectivity index (χ0v) is 14.9. The highest BCUT2D eigenvalue weighted by atomic mass is 15.3. The fourth-order valence-corrected chi connectivity index (χ4v) is 3.24. The first kappa shape index (κ1) is 15.7. The van der Waals surface area contributed by atoms with Gasteiger partial charge in [-0.05, 0) is 25.1 Å². The molecule has 0 unspecified atom stereocenters. The summed E-state index contributed by atoms with van der Waals surface area (Å²) in [6.45, 7) is 5.76. The molecule has 4 rings (SSSR count). The van der Waals surface area contributed by atoms with E-state index in [1.807, 2.05) is 37.3 Å². The topological polar surface area (TPSA) is 64.2 Å². The van der Waals surface area contributed by atoms with E-state index in [9.17, 15) is 0 Å². The van der Waals surface area contributed by atoms with Crippen molar-refractivity contribution >= 4 is 28.6 Å². The van der Waals surface area contributed by atoms with Crippen molar-refractivity contribution in [1.82, 2.24) is 19.9 Å². The Kier molecular flexibility index (Phi) is 3.91. The Labute approximate surface area is 147 Å². The van der Waals surface area contributed by atoms with Gasteiger partial charge in [-0.3, -0.25) is 0 Å². The summed E-state index contributed by atoms with van der Waals surface area (Å²) in [4.78, 5) is 23.9. The standard InChI is InChI=1S/C18H23N7/c1-13-12-14-16(20-13)21-18(23(2)3)22-17(14)25-10-8-24(9-11-25)15-6-4-5-7-19-15/h4-7,12H,8-11H2,1-3H3,(H,20,21,22). The van der Waals surface area contributed by atoms with Crippen molar-refractivity contribution < 1.29 is 0 Å². The fraction of sp³-hybridized carbons (Fsp3) is 0.389. The average molecular weight is 337 g/mol. The molecule has 0 aliphatic carbocycles. The summed E-state index contributed by atoms with van der Waals surface area (Å²) in [6.07, 6.45) is 1.85. The van der Waals surface area contributed by atoms with Crippen molar-refractivity contribution in [2.24, 2.45) is 0 Å². The Balaban J connectivity index is 1.62. The number of H-pyrrole nitrogens is 1. The number of anilines is 3. The van der Waals surface area contributed by atoms with Crippen LogP contribution in [0.25, 0.3) is 11.0 Å². The molecule has 0 radical (unpaired) electrons. The van der Waals surface area contributed by atoms with Gasteiger partial charge in [-0.25, -0.2) is 4.98 Å². The molecular formula is C18H23N7. The number of aromatic amines is 1. The van der Waals surface area contributed by atoms with Gasteiger partial charge < -0.3 is 19.7 Å². The van der Waals surface area contributed by atoms with Crippen molar-refractivity contribution in [2.75, 3.05) is 55.0 Å². The molecule has 0 saturated carbocycles. The van der Waals surface area contributed by atoms with Gasteiger partial charge >= 0.3 is 0 Å². The van der Waals surface area contributed by atoms with Crippen molar-refractivity contribution in [3.05, 3.63) is 36.2 Å². The summed E-state index contributed by atoms with van der Waals surface area (Å²) < 4.78 is 0. The van der Waals surface area contributed by atoms with Gasteiger partial charge in [0.05, 0.1) is 5.39 Å². The molecule has 4 heterocycles. The summed E-state index contributed by atoms with van der Waals surface area (Å²) in [5.41, 5.74) is 2.01. The van der Waals surface area contributed by atoms with E-state index in [1.54, 1.807) is 0 Å². The molecule has 130 valence electrons. The second-order valence-electron chi connectivity index (χ2n) is 6.62. The van der Waals surface area contributed by atoms with Crippen LogP contribution in [-0.4, -0.2) is 60.2 Å². The number of hydrogen-bond acceptors (Lipinski definition) is 6. The Bertz CT molecular complexity index is 864. The molecule has 25 heavy (non-hydrogen) atoms. The zero-order valence-electron chi connectivity index (χ0n) is 14.9. The van der Waals surface area contributed by atoms with Crippen LogP contribution in [0.5, 0.6) is 0 Å². The highest BCUT2D eigenvalue weighted by Crippen LogP contribution is 2.28. The SMILES string of the molecule is Cc1cc2c(N3CCN(c4ccccn4)CC3)nc(N(C)C)nc2[nH]1. The monoisotopic (exact) mass is 337 g/mol. The molecule has 1 aliphatic rings. The maximum atomic E-state index is 4.82. The van der Waals surface area contributed by atoms with Crippen LogP contribution in [0, 0.1) is 6.92 Å². The van der Waals surface area contributed by atoms with E-state index in [2.05, 4.69) is 43.8 Å². The van der Waals surface area contributed by atoms with Crippen LogP contribution in [0.15, 0.2) is 30.5 Å². The average Bonchev–Trinajstić information content (AvgIpc) is 3.02. The Morgan fingerprint density at radius 3 is 2.48 bits per heavy atom. The number of nitrogens with one attached hydrogen (secondary N) is 1. The van der Waals surface area contributed by atoms with Crippen LogP contribution in [0.3, 0.4) is 0 Å². The second kappa shape index (κ2) is 6.23. The van der Waals surface area contributed by atoms with E-state index < -0.39 is 0 Å². The zero-order chi connectivity index (χ0) is 17.4. The third-order valence-corrected chi connectivity index (χ3v) is 4.54. The number of fused-ring (bicyclic) bond motifs is 1. The molecule has 0 aromatic carbocycles. The normalized spacial score (nSPS) is 15.0. The highest BCUT2D eigenvalue weighted by Gasteiger charge is 2.22. The Morgan fingerprint density at radius 1 is 1.04 bits per heavy atom. The number of rotatable bonds is 3. The van der Waals surface area contributed by atoms with Gasteiger partial charge in [-0.15, -0.1) is 0 Å². The van der Waals surface area contributed by atoms with Gasteiger partial charge in [0.1, 0.15) is 17.3 Å². The number of aromatic nitrogens is 4. The summed E-state index contributed by atoms with van der Waals surface area (Å²) in [5, 5.41) is 1.09. The molecule has 0 atom stereocenters. The van der Waals surface area contributed by atoms with Crippen LogP contribution in [-0.2, 0) is 0 Å². The largest absolute Gasteiger partial charge is 0.353 e. The van der Waals surface area contributed by atoms with Gasteiger partial charge in [0.15, 0.2) is 0 Å². The predicted octanol–water partition coefficient (Wildman–Crippen LogP) is 2.05. The summed E-state index contributed by atoms with van der Waals surface area (Å²) in [5.74, 6) is 2.79. The second-order valence-corrected chi connectivity index (χ2v) is 6.62. The third kappa shape index (κ3) is 2.97. The van der Waals surface area contributed by atoms with Crippen LogP contribution in [0.4, 0.5) is 17.6 Å². The van der Waals surface area contributed by atoms with E-state index in [0.717, 1.165) is 60.5 Å². The number of nitrogens with zero attached hydrogens (tertiary/aromatic N) is 6. The lowest BCUT2D eigenvalue weighted by molar-refractivity contribution is 0.643. The molecule has 3 aromatic rings. The molecule has 3 aromatic heterocycles. The summed E-state index contributed by atoms with van der Waals surface area (Å²) >= 11 is 0.